The van der Waals surface area contributed by atoms with Gasteiger partial charge in [0, 0.05) is 36.1 Å². The van der Waals surface area contributed by atoms with Gasteiger partial charge < -0.3 is 20.6 Å². The lowest BCUT2D eigenvalue weighted by molar-refractivity contribution is 0.0837. The van der Waals surface area contributed by atoms with E-state index in [-0.39, 0.29) is 17.7 Å². The summed E-state index contributed by atoms with van der Waals surface area (Å²) in [7, 11) is 0. The Kier molecular flexibility index (Phi) is 5.58. The summed E-state index contributed by atoms with van der Waals surface area (Å²) >= 11 is 0. The largest absolute Gasteiger partial charge is 0.401 e. The molecule has 1 aliphatic carbocycles. The second kappa shape index (κ2) is 8.05. The Hall–Kier alpha value is -2.80. The number of amides is 1. The van der Waals surface area contributed by atoms with Crippen LogP contribution in [0.5, 0.6) is 0 Å². The smallest absolute Gasteiger partial charge is 0.290 e. The number of carbonyl (C=O) groups is 1. The molecule has 26 heavy (non-hydrogen) atoms. The van der Waals surface area contributed by atoms with Gasteiger partial charge in [-0.25, -0.2) is 5.84 Å². The van der Waals surface area contributed by atoms with Crippen LogP contribution in [0.3, 0.4) is 0 Å². The van der Waals surface area contributed by atoms with Crippen molar-refractivity contribution in [2.24, 2.45) is 17.5 Å². The number of carbonyl (C=O) groups excluding carboxylic acids is 1. The second-order valence-electron chi connectivity index (χ2n) is 6.70. The molecule has 7 heteroatoms. The SMILES string of the molecule is CC/C(N)=C/N(N)CC1CC(NC(=O)c2cc(-c3ccccc3)no2)C1. The van der Waals surface area contributed by atoms with Gasteiger partial charge in [0.05, 0.1) is 0 Å². The fourth-order valence-corrected chi connectivity index (χ4v) is 3.04. The van der Waals surface area contributed by atoms with Crippen molar-refractivity contribution in [3.8, 4) is 11.3 Å². The minimum atomic E-state index is -0.233. The number of hydrazine groups is 1. The molecule has 0 saturated heterocycles. The molecular formula is C19H25N5O2. The topological polar surface area (TPSA) is 110 Å². The van der Waals surface area contributed by atoms with E-state index in [0.29, 0.717) is 11.6 Å². The van der Waals surface area contributed by atoms with Gasteiger partial charge in [0.1, 0.15) is 5.69 Å². The number of allylic oxidation sites excluding steroid dienone is 1. The Bertz CT molecular complexity index is 765. The van der Waals surface area contributed by atoms with E-state index < -0.39 is 0 Å². The maximum absolute atomic E-state index is 12.3. The molecule has 0 aliphatic heterocycles. The van der Waals surface area contributed by atoms with E-state index in [9.17, 15) is 4.79 Å². The number of nitrogens with zero attached hydrogens (tertiary/aromatic N) is 2. The standard InChI is InChI=1S/C19H25N5O2/c1-2-15(20)12-24(21)11-13-8-16(9-13)22-19(25)18-10-17(23-26-18)14-6-4-3-5-7-14/h3-7,10,12-13,16H,2,8-9,11,20-21H2,1H3,(H,22,25)/b15-12-. The Morgan fingerprint density at radius 2 is 2.12 bits per heavy atom. The predicted octanol–water partition coefficient (Wildman–Crippen LogP) is 2.24. The number of aromatic nitrogens is 1. The van der Waals surface area contributed by atoms with Crippen molar-refractivity contribution in [3.63, 3.8) is 0 Å². The quantitative estimate of drug-likeness (QED) is 0.519. The molecule has 1 aromatic heterocycles. The Morgan fingerprint density at radius 3 is 2.81 bits per heavy atom. The van der Waals surface area contributed by atoms with Crippen LogP contribution >= 0.6 is 0 Å². The molecule has 7 nitrogen and oxygen atoms in total. The third kappa shape index (κ3) is 4.43. The summed E-state index contributed by atoms with van der Waals surface area (Å²) in [5.74, 6) is 6.36. The molecule has 1 aromatic carbocycles. The zero-order chi connectivity index (χ0) is 18.5. The first-order chi connectivity index (χ1) is 12.5. The normalized spacial score (nSPS) is 19.7. The lowest BCUT2D eigenvalue weighted by Gasteiger charge is -2.37. The van der Waals surface area contributed by atoms with Crippen LogP contribution in [0.25, 0.3) is 11.3 Å². The van der Waals surface area contributed by atoms with Crippen LogP contribution < -0.4 is 16.9 Å². The molecule has 1 saturated carbocycles. The van der Waals surface area contributed by atoms with Crippen LogP contribution in [0.1, 0.15) is 36.7 Å². The van der Waals surface area contributed by atoms with E-state index in [1.807, 2.05) is 37.3 Å². The molecule has 1 fully saturated rings. The average Bonchev–Trinajstić information content (AvgIpc) is 3.10. The van der Waals surface area contributed by atoms with Gasteiger partial charge in [0.15, 0.2) is 0 Å². The Balaban J connectivity index is 1.46. The minimum absolute atomic E-state index is 0.138. The van der Waals surface area contributed by atoms with Gasteiger partial charge in [-0.2, -0.15) is 0 Å². The zero-order valence-corrected chi connectivity index (χ0v) is 14.9. The molecule has 5 N–H and O–H groups in total. The van der Waals surface area contributed by atoms with Gasteiger partial charge in [0.2, 0.25) is 5.76 Å². The summed E-state index contributed by atoms with van der Waals surface area (Å²) in [6.07, 6.45) is 4.32. The summed E-state index contributed by atoms with van der Waals surface area (Å²) < 4.78 is 5.19. The van der Waals surface area contributed by atoms with Crippen molar-refractivity contribution in [3.05, 3.63) is 54.1 Å². The highest BCUT2D eigenvalue weighted by Crippen LogP contribution is 2.28. The van der Waals surface area contributed by atoms with Crippen molar-refractivity contribution in [2.45, 2.75) is 32.2 Å². The molecule has 0 unspecified atom stereocenters. The molecule has 1 aliphatic rings. The molecule has 0 spiro atoms. The van der Waals surface area contributed by atoms with E-state index in [2.05, 4.69) is 10.5 Å². The van der Waals surface area contributed by atoms with Crippen LogP contribution in [-0.2, 0) is 0 Å². The van der Waals surface area contributed by atoms with Crippen molar-refractivity contribution in [1.29, 1.82) is 0 Å². The summed E-state index contributed by atoms with van der Waals surface area (Å²) in [6.45, 7) is 2.72. The molecule has 0 atom stereocenters. The minimum Gasteiger partial charge on any atom is -0.401 e. The fraction of sp³-hybridized carbons (Fsp3) is 0.368. The molecule has 2 aromatic rings. The number of benzene rings is 1. The summed E-state index contributed by atoms with van der Waals surface area (Å²) in [5, 5.41) is 8.58. The van der Waals surface area contributed by atoms with Crippen LogP contribution in [-0.4, -0.2) is 28.7 Å². The summed E-state index contributed by atoms with van der Waals surface area (Å²) in [4.78, 5) is 12.3. The lowest BCUT2D eigenvalue weighted by Crippen LogP contribution is -2.48. The second-order valence-corrected chi connectivity index (χ2v) is 6.70. The fourth-order valence-electron chi connectivity index (χ4n) is 3.04. The van der Waals surface area contributed by atoms with Gasteiger partial charge in [-0.15, -0.1) is 0 Å². The third-order valence-corrected chi connectivity index (χ3v) is 4.58. The first-order valence-electron chi connectivity index (χ1n) is 8.85. The van der Waals surface area contributed by atoms with Crippen LogP contribution in [0, 0.1) is 5.92 Å². The van der Waals surface area contributed by atoms with Gasteiger partial charge in [0.25, 0.3) is 5.91 Å². The van der Waals surface area contributed by atoms with E-state index in [1.54, 1.807) is 17.3 Å². The number of rotatable bonds is 7. The zero-order valence-electron chi connectivity index (χ0n) is 14.9. The van der Waals surface area contributed by atoms with Crippen molar-refractivity contribution >= 4 is 5.91 Å². The molecular weight excluding hydrogens is 330 g/mol. The third-order valence-electron chi connectivity index (χ3n) is 4.58. The van der Waals surface area contributed by atoms with Crippen LogP contribution in [0.2, 0.25) is 0 Å². The first kappa shape index (κ1) is 18.0. The van der Waals surface area contributed by atoms with Crippen LogP contribution in [0.4, 0.5) is 0 Å². The van der Waals surface area contributed by atoms with Gasteiger partial charge >= 0.3 is 0 Å². The first-order valence-corrected chi connectivity index (χ1v) is 8.85. The molecule has 138 valence electrons. The number of hydrogen-bond acceptors (Lipinski definition) is 6. The van der Waals surface area contributed by atoms with E-state index in [0.717, 1.165) is 37.1 Å². The average molecular weight is 355 g/mol. The van der Waals surface area contributed by atoms with E-state index in [4.69, 9.17) is 16.1 Å². The molecule has 3 rings (SSSR count). The van der Waals surface area contributed by atoms with Gasteiger partial charge in [-0.05, 0) is 25.2 Å². The van der Waals surface area contributed by atoms with Crippen molar-refractivity contribution in [1.82, 2.24) is 15.5 Å². The predicted molar refractivity (Wildman–Crippen MR) is 99.4 cm³/mol. The van der Waals surface area contributed by atoms with Gasteiger partial charge in [-0.1, -0.05) is 42.4 Å². The number of nitrogens with two attached hydrogens (primary N) is 2. The maximum atomic E-state index is 12.3. The van der Waals surface area contributed by atoms with E-state index >= 15 is 0 Å². The Labute approximate surface area is 153 Å². The highest BCUT2D eigenvalue weighted by molar-refractivity contribution is 5.92. The molecule has 0 radical (unpaired) electrons. The number of hydrogen-bond donors (Lipinski definition) is 3. The molecule has 0 bridgehead atoms. The highest BCUT2D eigenvalue weighted by Gasteiger charge is 2.31. The Morgan fingerprint density at radius 1 is 1.38 bits per heavy atom. The number of nitrogens with one attached hydrogen (secondary N) is 1. The molecule has 1 heterocycles. The summed E-state index contributed by atoms with van der Waals surface area (Å²) in [6, 6.07) is 11.4. The summed E-state index contributed by atoms with van der Waals surface area (Å²) in [5.41, 5.74) is 8.11. The maximum Gasteiger partial charge on any atom is 0.290 e. The van der Waals surface area contributed by atoms with Gasteiger partial charge in [-0.3, -0.25) is 4.79 Å². The highest BCUT2D eigenvalue weighted by atomic mass is 16.5. The van der Waals surface area contributed by atoms with E-state index in [1.165, 1.54) is 0 Å². The molecule has 1 amide bonds. The van der Waals surface area contributed by atoms with Crippen molar-refractivity contribution < 1.29 is 9.32 Å². The monoisotopic (exact) mass is 355 g/mol. The lowest BCUT2D eigenvalue weighted by atomic mass is 9.80. The van der Waals surface area contributed by atoms with Crippen LogP contribution in [0.15, 0.2) is 52.8 Å². The van der Waals surface area contributed by atoms with Crippen molar-refractivity contribution in [2.75, 3.05) is 6.54 Å².